The summed E-state index contributed by atoms with van der Waals surface area (Å²) in [7, 11) is 0. The van der Waals surface area contributed by atoms with Gasteiger partial charge in [0.05, 0.1) is 22.4 Å². The van der Waals surface area contributed by atoms with E-state index in [9.17, 15) is 0 Å². The number of aromatic nitrogens is 2. The highest BCUT2D eigenvalue weighted by Gasteiger charge is 2.35. The molecule has 10 aromatic rings. The van der Waals surface area contributed by atoms with Crippen molar-refractivity contribution >= 4 is 76.1 Å². The van der Waals surface area contributed by atoms with Crippen LogP contribution in [-0.2, 0) is 5.41 Å². The molecule has 1 aliphatic heterocycles. The summed E-state index contributed by atoms with van der Waals surface area (Å²) in [5.74, 6) is 2.40. The van der Waals surface area contributed by atoms with Crippen LogP contribution in [0.4, 0.5) is 11.4 Å². The summed E-state index contributed by atoms with van der Waals surface area (Å²) >= 11 is 1.84. The number of aryl methyl sites for hydroxylation is 2. The number of fused-ring (bicyclic) bond motifs is 7. The lowest BCUT2D eigenvalue weighted by Gasteiger charge is -2.29. The molecule has 302 valence electrons. The van der Waals surface area contributed by atoms with Gasteiger partial charge in [0.2, 0.25) is 0 Å². The number of hydrogen-bond donors (Lipinski definition) is 0. The van der Waals surface area contributed by atoms with Crippen molar-refractivity contribution < 1.29 is 4.74 Å². The van der Waals surface area contributed by atoms with Crippen molar-refractivity contribution in [3.8, 4) is 17.3 Å². The van der Waals surface area contributed by atoms with E-state index in [1.165, 1.54) is 64.7 Å². The topological polar surface area (TPSA) is 33.5 Å². The first-order valence-corrected chi connectivity index (χ1v) is 22.1. The van der Waals surface area contributed by atoms with Crippen LogP contribution in [-0.4, -0.2) is 16.2 Å². The van der Waals surface area contributed by atoms with E-state index in [2.05, 4.69) is 213 Å². The third-order valence-corrected chi connectivity index (χ3v) is 13.4. The van der Waals surface area contributed by atoms with Gasteiger partial charge in [0.1, 0.15) is 24.0 Å². The molecule has 7 aromatic carbocycles. The molecule has 1 aliphatic rings. The van der Waals surface area contributed by atoms with Crippen molar-refractivity contribution in [1.29, 1.82) is 0 Å². The molecule has 0 radical (unpaired) electrons. The second kappa shape index (κ2) is 14.8. The number of nitrogens with zero attached hydrogens (tertiary/aromatic N) is 4. The standard InChI is InChI=1S/C56H46N4OS/c1-36-31-40(56(3,4)5)32-37(2)52(36)59-35-58(53(38-17-8-6-9-18-38)54(59)39-19-10-7-11-20-39)41-21-16-22-42(33-41)61-43-26-27-44-45-28-29-49-51(46-23-12-13-24-48(46)62-49)55(45)60(47(44)34-43)50-25-14-15-30-57-50/h6-34H,35H2,1-5H3. The first-order chi connectivity index (χ1) is 30.2. The summed E-state index contributed by atoms with van der Waals surface area (Å²) in [6.07, 6.45) is 1.87. The van der Waals surface area contributed by atoms with Gasteiger partial charge in [-0.2, -0.15) is 0 Å². The molecule has 5 nitrogen and oxygen atoms in total. The van der Waals surface area contributed by atoms with Gasteiger partial charge in [0.15, 0.2) is 0 Å². The minimum Gasteiger partial charge on any atom is -0.457 e. The lowest BCUT2D eigenvalue weighted by atomic mass is 9.84. The minimum atomic E-state index is 0.0454. The van der Waals surface area contributed by atoms with E-state index in [0.29, 0.717) is 6.67 Å². The number of ether oxygens (including phenoxy) is 1. The highest BCUT2D eigenvalue weighted by molar-refractivity contribution is 7.26. The Hall–Kier alpha value is -7.15. The van der Waals surface area contributed by atoms with Crippen LogP contribution in [0.1, 0.15) is 48.6 Å². The summed E-state index contributed by atoms with van der Waals surface area (Å²) in [6, 6.07) is 60.7. The normalized spacial score (nSPS) is 13.4. The maximum Gasteiger partial charge on any atom is 0.137 e. The number of rotatable bonds is 7. The van der Waals surface area contributed by atoms with Gasteiger partial charge in [-0.1, -0.05) is 130 Å². The summed E-state index contributed by atoms with van der Waals surface area (Å²) < 4.78 is 11.7. The first-order valence-electron chi connectivity index (χ1n) is 21.3. The second-order valence-electron chi connectivity index (χ2n) is 17.4. The van der Waals surface area contributed by atoms with E-state index in [4.69, 9.17) is 9.72 Å². The van der Waals surface area contributed by atoms with Crippen LogP contribution in [0.5, 0.6) is 11.5 Å². The Labute approximate surface area is 366 Å². The molecule has 0 bridgehead atoms. The molecule has 6 heteroatoms. The van der Waals surface area contributed by atoms with Gasteiger partial charge in [-0.05, 0) is 84.5 Å². The van der Waals surface area contributed by atoms with Gasteiger partial charge < -0.3 is 14.5 Å². The van der Waals surface area contributed by atoms with Gasteiger partial charge in [-0.15, -0.1) is 11.3 Å². The monoisotopic (exact) mass is 822 g/mol. The van der Waals surface area contributed by atoms with Crippen LogP contribution in [0.15, 0.2) is 176 Å². The fourth-order valence-electron chi connectivity index (χ4n) is 9.45. The SMILES string of the molecule is Cc1cc(C(C)(C)C)cc(C)c1N1CN(c2cccc(Oc3ccc4c5ccc6sc7ccccc7c6c5n(-c5ccccn5)c4c3)c2)C(c2ccccc2)=C1c1ccccc1. The zero-order chi connectivity index (χ0) is 42.1. The van der Waals surface area contributed by atoms with E-state index in [1.807, 2.05) is 23.6 Å². The Bertz CT molecular complexity index is 3340. The summed E-state index contributed by atoms with van der Waals surface area (Å²) in [5, 5.41) is 4.88. The molecule has 0 aliphatic carbocycles. The zero-order valence-corrected chi connectivity index (χ0v) is 36.4. The molecular weight excluding hydrogens is 777 g/mol. The molecule has 4 heterocycles. The van der Waals surface area contributed by atoms with E-state index in [1.54, 1.807) is 0 Å². The van der Waals surface area contributed by atoms with Crippen LogP contribution >= 0.6 is 11.3 Å². The quantitative estimate of drug-likeness (QED) is 0.160. The van der Waals surface area contributed by atoms with Crippen LogP contribution < -0.4 is 14.5 Å². The number of anilines is 2. The molecule has 0 amide bonds. The Morgan fingerprint density at radius 2 is 1.23 bits per heavy atom. The lowest BCUT2D eigenvalue weighted by molar-refractivity contribution is 0.483. The highest BCUT2D eigenvalue weighted by atomic mass is 32.1. The third-order valence-electron chi connectivity index (χ3n) is 12.3. The molecule has 0 N–H and O–H groups in total. The van der Waals surface area contributed by atoms with Gasteiger partial charge in [-0.3, -0.25) is 4.57 Å². The smallest absolute Gasteiger partial charge is 0.137 e. The summed E-state index contributed by atoms with van der Waals surface area (Å²) in [4.78, 5) is 9.85. The number of hydrogen-bond acceptors (Lipinski definition) is 5. The van der Waals surface area contributed by atoms with Gasteiger partial charge in [0.25, 0.3) is 0 Å². The van der Waals surface area contributed by atoms with Crippen LogP contribution in [0.3, 0.4) is 0 Å². The Morgan fingerprint density at radius 3 is 1.94 bits per heavy atom. The minimum absolute atomic E-state index is 0.0454. The molecule has 0 atom stereocenters. The van der Waals surface area contributed by atoms with Gasteiger partial charge >= 0.3 is 0 Å². The number of benzene rings is 7. The Kier molecular flexibility index (Phi) is 9.02. The van der Waals surface area contributed by atoms with Gasteiger partial charge in [-0.25, -0.2) is 4.98 Å². The maximum atomic E-state index is 6.88. The molecule has 0 spiro atoms. The van der Waals surface area contributed by atoms with E-state index in [0.717, 1.165) is 45.2 Å². The largest absolute Gasteiger partial charge is 0.457 e. The molecule has 62 heavy (non-hydrogen) atoms. The molecule has 0 fully saturated rings. The fraction of sp³-hybridized carbons (Fsp3) is 0.125. The Morgan fingerprint density at radius 1 is 0.565 bits per heavy atom. The van der Waals surface area contributed by atoms with Crippen molar-refractivity contribution in [3.63, 3.8) is 0 Å². The van der Waals surface area contributed by atoms with Crippen molar-refractivity contribution in [2.24, 2.45) is 0 Å². The van der Waals surface area contributed by atoms with Crippen molar-refractivity contribution in [3.05, 3.63) is 204 Å². The van der Waals surface area contributed by atoms with E-state index >= 15 is 0 Å². The van der Waals surface area contributed by atoms with Crippen molar-refractivity contribution in [1.82, 2.24) is 9.55 Å². The zero-order valence-electron chi connectivity index (χ0n) is 35.6. The highest BCUT2D eigenvalue weighted by Crippen LogP contribution is 2.47. The average molecular weight is 823 g/mol. The Balaban J connectivity index is 1.04. The van der Waals surface area contributed by atoms with Crippen molar-refractivity contribution in [2.75, 3.05) is 16.5 Å². The number of pyridine rings is 1. The fourth-order valence-corrected chi connectivity index (χ4v) is 10.6. The molecule has 0 unspecified atom stereocenters. The maximum absolute atomic E-state index is 6.88. The molecule has 0 saturated carbocycles. The third kappa shape index (κ3) is 6.33. The van der Waals surface area contributed by atoms with Crippen LogP contribution in [0.2, 0.25) is 0 Å². The molecule has 3 aromatic heterocycles. The van der Waals surface area contributed by atoms with E-state index < -0.39 is 0 Å². The second-order valence-corrected chi connectivity index (χ2v) is 18.5. The van der Waals surface area contributed by atoms with Crippen molar-refractivity contribution in [2.45, 2.75) is 40.0 Å². The van der Waals surface area contributed by atoms with E-state index in [-0.39, 0.29) is 5.41 Å². The predicted octanol–water partition coefficient (Wildman–Crippen LogP) is 15.1. The average Bonchev–Trinajstić information content (AvgIpc) is 3.97. The summed E-state index contributed by atoms with van der Waals surface area (Å²) in [5.41, 5.74) is 13.1. The van der Waals surface area contributed by atoms with Crippen LogP contribution in [0, 0.1) is 13.8 Å². The summed E-state index contributed by atoms with van der Waals surface area (Å²) in [6.45, 7) is 12.0. The molecular formula is C56H46N4OS. The first kappa shape index (κ1) is 37.8. The van der Waals surface area contributed by atoms with Crippen LogP contribution in [0.25, 0.3) is 59.2 Å². The lowest BCUT2D eigenvalue weighted by Crippen LogP contribution is -2.28. The number of thiophene rings is 1. The predicted molar refractivity (Wildman–Crippen MR) is 262 cm³/mol. The van der Waals surface area contributed by atoms with Gasteiger partial charge in [0, 0.05) is 71.8 Å². The molecule has 0 saturated heterocycles. The molecule has 11 rings (SSSR count).